The van der Waals surface area contributed by atoms with Crippen molar-refractivity contribution in [1.82, 2.24) is 0 Å². The molecule has 82 valence electrons. The van der Waals surface area contributed by atoms with E-state index < -0.39 is 0 Å². The van der Waals surface area contributed by atoms with Crippen molar-refractivity contribution in [3.05, 3.63) is 18.2 Å². The second-order valence-corrected chi connectivity index (χ2v) is 5.22. The molecule has 1 amide bonds. The lowest BCUT2D eigenvalue weighted by molar-refractivity contribution is -0.114. The molecular formula is C11H16N2OS. The Labute approximate surface area is 94.4 Å². The van der Waals surface area contributed by atoms with Crippen LogP contribution in [0.3, 0.4) is 0 Å². The van der Waals surface area contributed by atoms with E-state index in [9.17, 15) is 4.79 Å². The molecule has 0 aliphatic carbocycles. The van der Waals surface area contributed by atoms with Crippen LogP contribution in [0.15, 0.2) is 23.1 Å². The van der Waals surface area contributed by atoms with E-state index in [1.54, 1.807) is 17.8 Å². The lowest BCUT2D eigenvalue weighted by atomic mass is 10.3. The minimum absolute atomic E-state index is 0.0846. The van der Waals surface area contributed by atoms with Crippen molar-refractivity contribution in [2.45, 2.75) is 30.9 Å². The van der Waals surface area contributed by atoms with E-state index in [0.29, 0.717) is 10.9 Å². The number of nitrogens with two attached hydrogens (primary N) is 1. The fourth-order valence-electron chi connectivity index (χ4n) is 1.19. The molecule has 0 saturated heterocycles. The molecule has 1 aromatic rings. The number of anilines is 2. The Hall–Kier alpha value is -1.16. The Morgan fingerprint density at radius 1 is 1.47 bits per heavy atom. The van der Waals surface area contributed by atoms with Gasteiger partial charge in [0.1, 0.15) is 0 Å². The van der Waals surface area contributed by atoms with E-state index in [4.69, 9.17) is 5.73 Å². The van der Waals surface area contributed by atoms with Crippen LogP contribution in [0.2, 0.25) is 0 Å². The van der Waals surface area contributed by atoms with Gasteiger partial charge in [0.05, 0.1) is 0 Å². The van der Waals surface area contributed by atoms with Gasteiger partial charge in [0.2, 0.25) is 5.91 Å². The summed E-state index contributed by atoms with van der Waals surface area (Å²) in [6.45, 7) is 5.71. The number of nitrogens with one attached hydrogen (secondary N) is 1. The average molecular weight is 224 g/mol. The fourth-order valence-corrected chi connectivity index (χ4v) is 2.04. The van der Waals surface area contributed by atoms with Crippen LogP contribution < -0.4 is 11.1 Å². The highest BCUT2D eigenvalue weighted by molar-refractivity contribution is 8.00. The summed E-state index contributed by atoms with van der Waals surface area (Å²) in [7, 11) is 0. The highest BCUT2D eigenvalue weighted by Crippen LogP contribution is 2.30. The summed E-state index contributed by atoms with van der Waals surface area (Å²) < 4.78 is 0. The predicted molar refractivity (Wildman–Crippen MR) is 66.2 cm³/mol. The molecule has 0 radical (unpaired) electrons. The summed E-state index contributed by atoms with van der Waals surface area (Å²) in [5, 5.41) is 3.20. The zero-order valence-electron chi connectivity index (χ0n) is 9.20. The lowest BCUT2D eigenvalue weighted by Gasteiger charge is -2.10. The van der Waals surface area contributed by atoms with Gasteiger partial charge in [-0.25, -0.2) is 0 Å². The molecule has 0 heterocycles. The van der Waals surface area contributed by atoms with Crippen molar-refractivity contribution in [3.8, 4) is 0 Å². The summed E-state index contributed by atoms with van der Waals surface area (Å²) in [6, 6.07) is 5.58. The average Bonchev–Trinajstić information content (AvgIpc) is 2.08. The normalized spacial score (nSPS) is 10.4. The topological polar surface area (TPSA) is 55.1 Å². The van der Waals surface area contributed by atoms with Crippen LogP contribution in [0.25, 0.3) is 0 Å². The largest absolute Gasteiger partial charge is 0.398 e. The zero-order chi connectivity index (χ0) is 11.4. The van der Waals surface area contributed by atoms with Crippen LogP contribution in [0.4, 0.5) is 11.4 Å². The van der Waals surface area contributed by atoms with Crippen LogP contribution in [0, 0.1) is 0 Å². The summed E-state index contributed by atoms with van der Waals surface area (Å²) in [5.74, 6) is -0.0846. The molecular weight excluding hydrogens is 208 g/mol. The van der Waals surface area contributed by atoms with E-state index in [-0.39, 0.29) is 5.91 Å². The summed E-state index contributed by atoms with van der Waals surface area (Å²) >= 11 is 1.71. The van der Waals surface area contributed by atoms with Gasteiger partial charge in [-0.05, 0) is 18.2 Å². The Kier molecular flexibility index (Phi) is 4.03. The Morgan fingerprint density at radius 3 is 2.60 bits per heavy atom. The van der Waals surface area contributed by atoms with E-state index in [1.807, 2.05) is 12.1 Å². The van der Waals surface area contributed by atoms with Gasteiger partial charge in [-0.2, -0.15) is 0 Å². The standard InChI is InChI=1S/C11H16N2OS/c1-7(2)15-11-5-4-9(6-10(11)12)13-8(3)14/h4-7H,12H2,1-3H3,(H,13,14). The van der Waals surface area contributed by atoms with Crippen molar-refractivity contribution >= 4 is 29.0 Å². The van der Waals surface area contributed by atoms with E-state index in [0.717, 1.165) is 10.6 Å². The van der Waals surface area contributed by atoms with Gasteiger partial charge >= 0.3 is 0 Å². The number of amides is 1. The second-order valence-electron chi connectivity index (χ2n) is 3.60. The van der Waals surface area contributed by atoms with E-state index >= 15 is 0 Å². The molecule has 3 N–H and O–H groups in total. The first-order valence-corrected chi connectivity index (χ1v) is 5.71. The quantitative estimate of drug-likeness (QED) is 0.613. The van der Waals surface area contributed by atoms with Gasteiger partial charge in [-0.15, -0.1) is 11.8 Å². The van der Waals surface area contributed by atoms with Crippen LogP contribution in [-0.2, 0) is 4.79 Å². The first kappa shape index (κ1) is 11.9. The van der Waals surface area contributed by atoms with Crippen molar-refractivity contribution in [2.75, 3.05) is 11.1 Å². The molecule has 0 atom stereocenters. The minimum atomic E-state index is -0.0846. The number of carbonyl (C=O) groups is 1. The maximum atomic E-state index is 10.8. The highest BCUT2D eigenvalue weighted by Gasteiger charge is 2.04. The van der Waals surface area contributed by atoms with Gasteiger partial charge in [-0.1, -0.05) is 13.8 Å². The van der Waals surface area contributed by atoms with Gasteiger partial charge in [0, 0.05) is 28.4 Å². The molecule has 4 heteroatoms. The number of rotatable bonds is 3. The predicted octanol–water partition coefficient (Wildman–Crippen LogP) is 2.73. The van der Waals surface area contributed by atoms with Crippen LogP contribution in [0.1, 0.15) is 20.8 Å². The molecule has 0 aromatic heterocycles. The van der Waals surface area contributed by atoms with Gasteiger partial charge < -0.3 is 11.1 Å². The first-order chi connectivity index (χ1) is 6.99. The van der Waals surface area contributed by atoms with Crippen molar-refractivity contribution in [2.24, 2.45) is 0 Å². The summed E-state index contributed by atoms with van der Waals surface area (Å²) in [5.41, 5.74) is 7.33. The third-order valence-electron chi connectivity index (χ3n) is 1.69. The lowest BCUT2D eigenvalue weighted by Crippen LogP contribution is -2.06. The SMILES string of the molecule is CC(=O)Nc1ccc(SC(C)C)c(N)c1. The van der Waals surface area contributed by atoms with Gasteiger partial charge in [-0.3, -0.25) is 4.79 Å². The monoisotopic (exact) mass is 224 g/mol. The number of hydrogen-bond donors (Lipinski definition) is 2. The van der Waals surface area contributed by atoms with Crippen LogP contribution in [-0.4, -0.2) is 11.2 Å². The van der Waals surface area contributed by atoms with Crippen molar-refractivity contribution in [3.63, 3.8) is 0 Å². The molecule has 0 saturated carbocycles. The highest BCUT2D eigenvalue weighted by atomic mass is 32.2. The third kappa shape index (κ3) is 3.83. The maximum Gasteiger partial charge on any atom is 0.221 e. The fraction of sp³-hybridized carbons (Fsp3) is 0.364. The maximum absolute atomic E-state index is 10.8. The molecule has 3 nitrogen and oxygen atoms in total. The minimum Gasteiger partial charge on any atom is -0.398 e. The Balaban J connectivity index is 2.83. The number of benzene rings is 1. The van der Waals surface area contributed by atoms with Gasteiger partial charge in [0.15, 0.2) is 0 Å². The van der Waals surface area contributed by atoms with Crippen LogP contribution >= 0.6 is 11.8 Å². The third-order valence-corrected chi connectivity index (χ3v) is 2.79. The molecule has 0 unspecified atom stereocenters. The summed E-state index contributed by atoms with van der Waals surface area (Å²) in [6.07, 6.45) is 0. The molecule has 1 rings (SSSR count). The number of thioether (sulfide) groups is 1. The molecule has 1 aromatic carbocycles. The summed E-state index contributed by atoms with van der Waals surface area (Å²) in [4.78, 5) is 11.9. The first-order valence-electron chi connectivity index (χ1n) is 4.83. The molecule has 0 aliphatic rings. The molecule has 0 fully saturated rings. The number of nitrogen functional groups attached to an aromatic ring is 1. The number of carbonyl (C=O) groups excluding carboxylic acids is 1. The second kappa shape index (κ2) is 5.07. The molecule has 0 bridgehead atoms. The van der Waals surface area contributed by atoms with Crippen LogP contribution in [0.5, 0.6) is 0 Å². The van der Waals surface area contributed by atoms with E-state index in [1.165, 1.54) is 6.92 Å². The van der Waals surface area contributed by atoms with Crippen molar-refractivity contribution in [1.29, 1.82) is 0 Å². The molecule has 15 heavy (non-hydrogen) atoms. The van der Waals surface area contributed by atoms with Crippen molar-refractivity contribution < 1.29 is 4.79 Å². The molecule has 0 spiro atoms. The Morgan fingerprint density at radius 2 is 2.13 bits per heavy atom. The Bertz CT molecular complexity index is 364. The molecule has 0 aliphatic heterocycles. The van der Waals surface area contributed by atoms with E-state index in [2.05, 4.69) is 19.2 Å². The van der Waals surface area contributed by atoms with Gasteiger partial charge in [0.25, 0.3) is 0 Å². The zero-order valence-corrected chi connectivity index (χ0v) is 10.0. The number of hydrogen-bond acceptors (Lipinski definition) is 3. The smallest absolute Gasteiger partial charge is 0.221 e.